The van der Waals surface area contributed by atoms with Crippen molar-refractivity contribution in [3.63, 3.8) is 0 Å². The second kappa shape index (κ2) is 14.2. The van der Waals surface area contributed by atoms with Gasteiger partial charge in [0.1, 0.15) is 37.6 Å². The van der Waals surface area contributed by atoms with Crippen LogP contribution in [0.15, 0.2) is 47.6 Å². The highest BCUT2D eigenvalue weighted by Crippen LogP contribution is 2.51. The van der Waals surface area contributed by atoms with Gasteiger partial charge >= 0.3 is 24.0 Å². The summed E-state index contributed by atoms with van der Waals surface area (Å²) in [6.45, 7) is 12.9. The van der Waals surface area contributed by atoms with Crippen LogP contribution in [0, 0.1) is 11.8 Å². The van der Waals surface area contributed by atoms with Gasteiger partial charge in [-0.25, -0.2) is 14.4 Å². The molecule has 1 N–H and O–H groups in total. The number of allylic oxidation sites excluding steroid dienone is 2. The fraction of sp³-hybridized carbons (Fsp3) is 0.676. The Kier molecular flexibility index (Phi) is 10.2. The first-order valence-corrected chi connectivity index (χ1v) is 17.5. The summed E-state index contributed by atoms with van der Waals surface area (Å²) in [6.07, 6.45) is 11.4. The molecule has 0 spiro atoms. The molecule has 48 heavy (non-hydrogen) atoms. The average Bonchev–Trinajstić information content (AvgIpc) is 3.86. The van der Waals surface area contributed by atoms with E-state index in [2.05, 4.69) is 37.6 Å². The van der Waals surface area contributed by atoms with Crippen LogP contribution in [0.2, 0.25) is 0 Å². The molecular formula is C37H49NO10. The van der Waals surface area contributed by atoms with E-state index < -0.39 is 6.09 Å². The molecular weight excluding hydrogens is 618 g/mol. The zero-order chi connectivity index (χ0) is 34.1. The van der Waals surface area contributed by atoms with Gasteiger partial charge in [-0.15, -0.1) is 0 Å². The summed E-state index contributed by atoms with van der Waals surface area (Å²) in [4.78, 5) is 49.2. The third-order valence-electron chi connectivity index (χ3n) is 11.0. The van der Waals surface area contributed by atoms with Gasteiger partial charge in [-0.3, -0.25) is 4.79 Å². The Bertz CT molecular complexity index is 1300. The number of fused-ring (bicyclic) bond motifs is 6. The van der Waals surface area contributed by atoms with Crippen molar-refractivity contribution in [3.8, 4) is 0 Å². The van der Waals surface area contributed by atoms with Gasteiger partial charge in [0, 0.05) is 35.9 Å². The fourth-order valence-corrected chi connectivity index (χ4v) is 7.72. The lowest BCUT2D eigenvalue weighted by Gasteiger charge is -2.20. The number of nitrogens with one attached hydrogen (secondary N) is 1. The topological polar surface area (TPSA) is 142 Å². The highest BCUT2D eigenvalue weighted by Gasteiger charge is 2.62. The number of unbranched alkanes of at least 4 members (excludes halogenated alkanes) is 2. The van der Waals surface area contributed by atoms with Crippen LogP contribution in [-0.2, 0) is 42.8 Å². The Labute approximate surface area is 282 Å². The predicted octanol–water partition coefficient (Wildman–Crippen LogP) is 5.33. The van der Waals surface area contributed by atoms with Crippen LogP contribution < -0.4 is 5.32 Å². The molecule has 4 heterocycles. The Hall–Kier alpha value is -3.44. The number of epoxide rings is 2. The third-order valence-corrected chi connectivity index (χ3v) is 11.0. The molecule has 8 atom stereocenters. The summed E-state index contributed by atoms with van der Waals surface area (Å²) in [7, 11) is 0. The zero-order valence-electron chi connectivity index (χ0n) is 28.2. The van der Waals surface area contributed by atoms with Crippen molar-refractivity contribution < 1.29 is 47.6 Å². The van der Waals surface area contributed by atoms with Gasteiger partial charge in [0.25, 0.3) is 0 Å². The largest absolute Gasteiger partial charge is 0.461 e. The Morgan fingerprint density at radius 3 is 1.88 bits per heavy atom. The van der Waals surface area contributed by atoms with E-state index in [1.807, 2.05) is 6.92 Å². The molecule has 2 aliphatic carbocycles. The number of hydrogen-bond acceptors (Lipinski definition) is 10. The van der Waals surface area contributed by atoms with Crippen LogP contribution >= 0.6 is 0 Å². The molecule has 1 amide bonds. The number of carbonyl (C=O) groups is 4. The normalized spacial score (nSPS) is 37.9. The summed E-state index contributed by atoms with van der Waals surface area (Å²) in [5.74, 6) is -1.12. The van der Waals surface area contributed by atoms with Crippen LogP contribution in [0.4, 0.5) is 4.79 Å². The Morgan fingerprint density at radius 1 is 0.812 bits per heavy atom. The standard InChI is InChI=1S/C37H49NO10/c1-22-26-15-13-24(10-8-17-36(3)31(47-36)29(26)45-33(22)40)20-43-28(39)12-6-5-7-19-38-35(42)44-21-25-11-9-18-37(4)32(48-37)30-27(16-14-25)23(2)34(41)46-30/h10-11,26-27,29-32H,1-2,5-9,12-21H2,3-4H3,(H,38,42)/b24-10+,25-11+/t26-,27-,29-,30-,31-,32-,36+,37+/m0/s1. The van der Waals surface area contributed by atoms with Crippen molar-refractivity contribution in [2.24, 2.45) is 11.8 Å². The van der Waals surface area contributed by atoms with Gasteiger partial charge in [0.15, 0.2) is 0 Å². The third kappa shape index (κ3) is 7.72. The molecule has 4 fully saturated rings. The molecule has 0 saturated carbocycles. The van der Waals surface area contributed by atoms with Gasteiger partial charge < -0.3 is 33.7 Å². The van der Waals surface area contributed by atoms with Gasteiger partial charge in [-0.05, 0) is 89.2 Å². The molecule has 4 aliphatic heterocycles. The van der Waals surface area contributed by atoms with E-state index in [0.717, 1.165) is 43.3 Å². The lowest BCUT2D eigenvalue weighted by atomic mass is 9.84. The number of alkyl carbamates (subject to hydrolysis) is 1. The Balaban J connectivity index is 0.849. The minimum atomic E-state index is -0.480. The van der Waals surface area contributed by atoms with Crippen molar-refractivity contribution in [1.29, 1.82) is 0 Å². The lowest BCUT2D eigenvalue weighted by molar-refractivity contribution is -0.143. The number of hydrogen-bond donors (Lipinski definition) is 1. The number of amides is 1. The van der Waals surface area contributed by atoms with Crippen molar-refractivity contribution in [3.05, 3.63) is 47.6 Å². The van der Waals surface area contributed by atoms with Crippen molar-refractivity contribution in [2.75, 3.05) is 19.8 Å². The van der Waals surface area contributed by atoms with Crippen LogP contribution in [0.3, 0.4) is 0 Å². The smallest absolute Gasteiger partial charge is 0.407 e. The van der Waals surface area contributed by atoms with Crippen molar-refractivity contribution >= 4 is 24.0 Å². The summed E-state index contributed by atoms with van der Waals surface area (Å²) >= 11 is 0. The van der Waals surface area contributed by atoms with Crippen LogP contribution in [0.25, 0.3) is 0 Å². The van der Waals surface area contributed by atoms with Gasteiger partial charge in [-0.2, -0.15) is 0 Å². The summed E-state index contributed by atoms with van der Waals surface area (Å²) < 4.78 is 34.2. The Morgan fingerprint density at radius 2 is 1.33 bits per heavy atom. The van der Waals surface area contributed by atoms with E-state index in [0.29, 0.717) is 62.6 Å². The van der Waals surface area contributed by atoms with E-state index in [4.69, 9.17) is 28.4 Å². The maximum absolute atomic E-state index is 12.5. The molecule has 0 aromatic heterocycles. The molecule has 11 nitrogen and oxygen atoms in total. The molecule has 0 aromatic carbocycles. The van der Waals surface area contributed by atoms with Gasteiger partial charge in [-0.1, -0.05) is 31.7 Å². The molecule has 0 radical (unpaired) electrons. The van der Waals surface area contributed by atoms with Gasteiger partial charge in [0.05, 0.1) is 11.2 Å². The first-order valence-electron chi connectivity index (χ1n) is 17.5. The molecule has 0 bridgehead atoms. The van der Waals surface area contributed by atoms with E-state index in [-0.39, 0.29) is 78.6 Å². The average molecular weight is 668 g/mol. The zero-order valence-corrected chi connectivity index (χ0v) is 28.2. The summed E-state index contributed by atoms with van der Waals surface area (Å²) in [6, 6.07) is 0. The minimum absolute atomic E-state index is 0.0832. The minimum Gasteiger partial charge on any atom is -0.461 e. The van der Waals surface area contributed by atoms with Crippen molar-refractivity contribution in [2.45, 2.75) is 127 Å². The van der Waals surface area contributed by atoms with Crippen molar-refractivity contribution in [1.82, 2.24) is 5.32 Å². The second-order valence-electron chi connectivity index (χ2n) is 14.6. The second-order valence-corrected chi connectivity index (χ2v) is 14.6. The summed E-state index contributed by atoms with van der Waals surface area (Å²) in [5, 5.41) is 2.79. The van der Waals surface area contributed by atoms with Crippen LogP contribution in [0.1, 0.15) is 90.9 Å². The first kappa shape index (κ1) is 34.4. The highest BCUT2D eigenvalue weighted by molar-refractivity contribution is 5.91. The van der Waals surface area contributed by atoms with E-state index in [1.54, 1.807) is 0 Å². The number of ether oxygens (including phenoxy) is 6. The van der Waals surface area contributed by atoms with E-state index in [1.165, 1.54) is 0 Å². The molecule has 0 unspecified atom stereocenters. The first-order chi connectivity index (χ1) is 23.0. The number of carbonyl (C=O) groups excluding carboxylic acids is 4. The molecule has 6 aliphatic rings. The van der Waals surface area contributed by atoms with E-state index in [9.17, 15) is 19.2 Å². The van der Waals surface area contributed by atoms with Crippen LogP contribution in [0.5, 0.6) is 0 Å². The quantitative estimate of drug-likeness (QED) is 0.0812. The molecule has 4 saturated heterocycles. The SMILES string of the molecule is C=C1C(=O)O[C@H]2[C@H]1CC/C(COC(=O)CCCCCNC(=O)OC/C1=C/CC[C@@]3(C)O[C@H]3[C@H]3OC(=O)C(=C)[C@@H]3CC1)=C\CC[C@@]1(C)O[C@@H]21. The van der Waals surface area contributed by atoms with Gasteiger partial charge in [0.2, 0.25) is 0 Å². The molecule has 6 rings (SSSR count). The highest BCUT2D eigenvalue weighted by atomic mass is 16.7. The lowest BCUT2D eigenvalue weighted by Crippen LogP contribution is -2.29. The summed E-state index contributed by atoms with van der Waals surface area (Å²) in [5.41, 5.74) is 2.44. The monoisotopic (exact) mass is 667 g/mol. The predicted molar refractivity (Wildman–Crippen MR) is 173 cm³/mol. The number of rotatable bonds is 10. The maximum atomic E-state index is 12.5. The molecule has 262 valence electrons. The maximum Gasteiger partial charge on any atom is 0.407 e. The fourth-order valence-electron chi connectivity index (χ4n) is 7.72. The molecule has 11 heteroatoms. The number of esters is 3. The molecule has 0 aromatic rings. The van der Waals surface area contributed by atoms with Crippen LogP contribution in [-0.4, -0.2) is 79.4 Å². The van der Waals surface area contributed by atoms with E-state index >= 15 is 0 Å².